The average Bonchev–Trinajstić information content (AvgIpc) is 3.24. The molecule has 132 valence electrons. The zero-order valence-electron chi connectivity index (χ0n) is 14.3. The van der Waals surface area contributed by atoms with Crippen molar-refractivity contribution in [2.75, 3.05) is 0 Å². The number of fused-ring (bicyclic) bond motifs is 3. The molecule has 3 aromatic rings. The molecule has 2 aliphatic heterocycles. The van der Waals surface area contributed by atoms with Gasteiger partial charge in [0.1, 0.15) is 0 Å². The van der Waals surface area contributed by atoms with Crippen molar-refractivity contribution in [2.24, 2.45) is 0 Å². The smallest absolute Gasteiger partial charge is 0.254 e. The van der Waals surface area contributed by atoms with Crippen LogP contribution in [0.2, 0.25) is 0 Å². The second kappa shape index (κ2) is 5.92. The highest BCUT2D eigenvalue weighted by Crippen LogP contribution is 2.37. The third-order valence-corrected chi connectivity index (χ3v) is 5.72. The normalized spacial score (nSPS) is 25.0. The third kappa shape index (κ3) is 2.41. The van der Waals surface area contributed by atoms with Gasteiger partial charge in [-0.25, -0.2) is 4.98 Å². The molecule has 0 aliphatic carbocycles. The fourth-order valence-electron chi connectivity index (χ4n) is 4.50. The SMILES string of the molecule is O=C(c1ccc(-c2cncc3[nH]cnc23)cc1)N1[C@@H]2CC[C@H]1CC(O)C2. The molecule has 5 rings (SSSR count). The van der Waals surface area contributed by atoms with Gasteiger partial charge in [-0.15, -0.1) is 0 Å². The fraction of sp³-hybridized carbons (Fsp3) is 0.350. The molecule has 0 radical (unpaired) electrons. The highest BCUT2D eigenvalue weighted by Gasteiger charge is 2.42. The lowest BCUT2D eigenvalue weighted by Gasteiger charge is -2.37. The number of nitrogens with zero attached hydrogens (tertiary/aromatic N) is 3. The number of rotatable bonds is 2. The first-order valence-corrected chi connectivity index (χ1v) is 9.09. The first kappa shape index (κ1) is 15.5. The van der Waals surface area contributed by atoms with Gasteiger partial charge in [-0.2, -0.15) is 0 Å². The van der Waals surface area contributed by atoms with E-state index >= 15 is 0 Å². The summed E-state index contributed by atoms with van der Waals surface area (Å²) in [6.07, 6.45) is 8.35. The summed E-state index contributed by atoms with van der Waals surface area (Å²) >= 11 is 0. The predicted octanol–water partition coefficient (Wildman–Crippen LogP) is 2.75. The molecule has 1 amide bonds. The van der Waals surface area contributed by atoms with Gasteiger partial charge in [0.15, 0.2) is 0 Å². The van der Waals surface area contributed by atoms with Crippen molar-refractivity contribution in [2.45, 2.75) is 43.9 Å². The topological polar surface area (TPSA) is 82.1 Å². The Hall–Kier alpha value is -2.73. The lowest BCUT2D eigenvalue weighted by atomic mass is 9.98. The number of H-pyrrole nitrogens is 1. The molecule has 6 heteroatoms. The van der Waals surface area contributed by atoms with Gasteiger partial charge in [0.05, 0.1) is 29.7 Å². The number of aromatic amines is 1. The van der Waals surface area contributed by atoms with Gasteiger partial charge >= 0.3 is 0 Å². The first-order valence-electron chi connectivity index (χ1n) is 9.09. The number of amides is 1. The van der Waals surface area contributed by atoms with E-state index in [0.29, 0.717) is 18.4 Å². The Labute approximate surface area is 150 Å². The largest absolute Gasteiger partial charge is 0.393 e. The van der Waals surface area contributed by atoms with Crippen LogP contribution >= 0.6 is 0 Å². The number of hydrogen-bond donors (Lipinski definition) is 2. The molecule has 1 unspecified atom stereocenters. The van der Waals surface area contributed by atoms with Crippen LogP contribution in [-0.4, -0.2) is 49.1 Å². The number of imidazole rings is 1. The van der Waals surface area contributed by atoms with Gasteiger partial charge in [0.2, 0.25) is 0 Å². The molecule has 4 heterocycles. The van der Waals surface area contributed by atoms with E-state index in [4.69, 9.17) is 0 Å². The molecule has 2 bridgehead atoms. The molecule has 0 saturated carbocycles. The van der Waals surface area contributed by atoms with Gasteiger partial charge in [-0.05, 0) is 43.4 Å². The Kier molecular flexibility index (Phi) is 3.53. The highest BCUT2D eigenvalue weighted by atomic mass is 16.3. The molecule has 26 heavy (non-hydrogen) atoms. The van der Waals surface area contributed by atoms with Crippen LogP contribution in [0.3, 0.4) is 0 Å². The molecule has 2 N–H and O–H groups in total. The maximum absolute atomic E-state index is 13.0. The van der Waals surface area contributed by atoms with Crippen LogP contribution in [-0.2, 0) is 0 Å². The van der Waals surface area contributed by atoms with Gasteiger partial charge in [0, 0.05) is 29.4 Å². The van der Waals surface area contributed by atoms with E-state index in [1.165, 1.54) is 0 Å². The number of aromatic nitrogens is 3. The number of carbonyl (C=O) groups excluding carboxylic acids is 1. The molecule has 3 atom stereocenters. The van der Waals surface area contributed by atoms with Crippen molar-refractivity contribution < 1.29 is 9.90 Å². The summed E-state index contributed by atoms with van der Waals surface area (Å²) in [6.45, 7) is 0. The lowest BCUT2D eigenvalue weighted by Crippen LogP contribution is -2.47. The maximum Gasteiger partial charge on any atom is 0.254 e. The Morgan fingerprint density at radius 2 is 1.85 bits per heavy atom. The number of hydrogen-bond acceptors (Lipinski definition) is 4. The monoisotopic (exact) mass is 348 g/mol. The summed E-state index contributed by atoms with van der Waals surface area (Å²) in [6, 6.07) is 8.04. The van der Waals surface area contributed by atoms with Crippen molar-refractivity contribution in [3.8, 4) is 11.1 Å². The number of aliphatic hydroxyl groups excluding tert-OH is 1. The minimum atomic E-state index is -0.263. The van der Waals surface area contributed by atoms with E-state index in [-0.39, 0.29) is 24.1 Å². The molecule has 2 saturated heterocycles. The number of pyridine rings is 1. The molecule has 2 aliphatic rings. The van der Waals surface area contributed by atoms with Crippen LogP contribution in [0.25, 0.3) is 22.2 Å². The van der Waals surface area contributed by atoms with Crippen molar-refractivity contribution in [3.05, 3.63) is 48.5 Å². The van der Waals surface area contributed by atoms with Crippen LogP contribution < -0.4 is 0 Å². The summed E-state index contributed by atoms with van der Waals surface area (Å²) in [7, 11) is 0. The molecule has 2 aromatic heterocycles. The quantitative estimate of drug-likeness (QED) is 0.746. The Morgan fingerprint density at radius 3 is 2.58 bits per heavy atom. The van der Waals surface area contributed by atoms with E-state index in [1.54, 1.807) is 18.7 Å². The van der Waals surface area contributed by atoms with Crippen LogP contribution in [0.1, 0.15) is 36.0 Å². The van der Waals surface area contributed by atoms with Crippen molar-refractivity contribution in [3.63, 3.8) is 0 Å². The molecule has 0 spiro atoms. The maximum atomic E-state index is 13.0. The van der Waals surface area contributed by atoms with E-state index in [0.717, 1.165) is 35.0 Å². The number of nitrogens with one attached hydrogen (secondary N) is 1. The minimum Gasteiger partial charge on any atom is -0.393 e. The van der Waals surface area contributed by atoms with E-state index in [9.17, 15) is 9.90 Å². The zero-order chi connectivity index (χ0) is 17.7. The molecule has 1 aromatic carbocycles. The Bertz CT molecular complexity index is 951. The fourth-order valence-corrected chi connectivity index (χ4v) is 4.50. The molecular weight excluding hydrogens is 328 g/mol. The van der Waals surface area contributed by atoms with Crippen molar-refractivity contribution in [1.82, 2.24) is 19.9 Å². The third-order valence-electron chi connectivity index (χ3n) is 5.72. The summed E-state index contributed by atoms with van der Waals surface area (Å²) < 4.78 is 0. The molecule has 2 fully saturated rings. The zero-order valence-corrected chi connectivity index (χ0v) is 14.3. The van der Waals surface area contributed by atoms with Gasteiger partial charge in [-0.3, -0.25) is 9.78 Å². The van der Waals surface area contributed by atoms with E-state index in [1.807, 2.05) is 29.2 Å². The summed E-state index contributed by atoms with van der Waals surface area (Å²) in [4.78, 5) is 26.7. The number of carbonyl (C=O) groups is 1. The van der Waals surface area contributed by atoms with Crippen LogP contribution in [0.4, 0.5) is 0 Å². The van der Waals surface area contributed by atoms with Crippen LogP contribution in [0.5, 0.6) is 0 Å². The standard InChI is InChI=1S/C20H20N4O2/c25-16-7-14-5-6-15(8-16)24(14)20(26)13-3-1-12(2-4-13)17-9-21-10-18-19(17)23-11-22-18/h1-4,9-11,14-16,25H,5-8H2,(H,22,23)/t14-,15+,16?. The number of benzene rings is 1. The lowest BCUT2D eigenvalue weighted by molar-refractivity contribution is 0.0287. The number of piperidine rings is 1. The average molecular weight is 348 g/mol. The highest BCUT2D eigenvalue weighted by molar-refractivity contribution is 5.96. The van der Waals surface area contributed by atoms with Crippen LogP contribution in [0, 0.1) is 0 Å². The Balaban J connectivity index is 1.44. The van der Waals surface area contributed by atoms with Gasteiger partial charge in [0.25, 0.3) is 5.91 Å². The second-order valence-corrected chi connectivity index (χ2v) is 7.29. The minimum absolute atomic E-state index is 0.0760. The summed E-state index contributed by atoms with van der Waals surface area (Å²) in [5.74, 6) is 0.0760. The molecular formula is C20H20N4O2. The summed E-state index contributed by atoms with van der Waals surface area (Å²) in [5, 5.41) is 9.94. The van der Waals surface area contributed by atoms with Gasteiger partial charge < -0.3 is 15.0 Å². The first-order chi connectivity index (χ1) is 12.7. The summed E-state index contributed by atoms with van der Waals surface area (Å²) in [5.41, 5.74) is 4.41. The van der Waals surface area contributed by atoms with Crippen LogP contribution in [0.15, 0.2) is 43.0 Å². The van der Waals surface area contributed by atoms with E-state index < -0.39 is 0 Å². The molecule has 6 nitrogen and oxygen atoms in total. The van der Waals surface area contributed by atoms with Crippen molar-refractivity contribution >= 4 is 16.9 Å². The predicted molar refractivity (Wildman–Crippen MR) is 97.5 cm³/mol. The number of aliphatic hydroxyl groups is 1. The Morgan fingerprint density at radius 1 is 1.12 bits per heavy atom. The van der Waals surface area contributed by atoms with Gasteiger partial charge in [-0.1, -0.05) is 12.1 Å². The van der Waals surface area contributed by atoms with E-state index in [2.05, 4.69) is 15.0 Å². The second-order valence-electron chi connectivity index (χ2n) is 7.29. The van der Waals surface area contributed by atoms with Crippen molar-refractivity contribution in [1.29, 1.82) is 0 Å².